The Morgan fingerprint density at radius 2 is 2.05 bits per heavy atom. The van der Waals surface area contributed by atoms with Crippen LogP contribution >= 0.6 is 0 Å². The Bertz CT molecular complexity index is 383. The summed E-state index contributed by atoms with van der Waals surface area (Å²) in [4.78, 5) is 2.29. The van der Waals surface area contributed by atoms with Gasteiger partial charge in [-0.2, -0.15) is 0 Å². The molecule has 2 rings (SSSR count). The smallest absolute Gasteiger partial charge is 0.151 e. The summed E-state index contributed by atoms with van der Waals surface area (Å²) < 4.78 is 23.1. The highest BCUT2D eigenvalue weighted by Gasteiger charge is 2.34. The summed E-state index contributed by atoms with van der Waals surface area (Å²) in [7, 11) is -0.661. The molecule has 5 heteroatoms. The number of hydrogen-bond acceptors (Lipinski definition) is 4. The minimum Gasteiger partial charge on any atom is -0.314 e. The van der Waals surface area contributed by atoms with Crippen molar-refractivity contribution < 1.29 is 8.42 Å². The van der Waals surface area contributed by atoms with Crippen molar-refractivity contribution in [2.24, 2.45) is 5.92 Å². The molecule has 112 valence electrons. The maximum atomic E-state index is 11.5. The van der Waals surface area contributed by atoms with Gasteiger partial charge in [-0.15, -0.1) is 0 Å². The molecule has 1 heterocycles. The van der Waals surface area contributed by atoms with Gasteiger partial charge in [-0.1, -0.05) is 13.3 Å². The van der Waals surface area contributed by atoms with Crippen molar-refractivity contribution in [2.75, 3.05) is 31.6 Å². The first-order valence-electron chi connectivity index (χ1n) is 7.66. The van der Waals surface area contributed by atoms with Gasteiger partial charge in [-0.05, 0) is 45.2 Å². The van der Waals surface area contributed by atoms with Gasteiger partial charge in [0.25, 0.3) is 0 Å². The van der Waals surface area contributed by atoms with Crippen LogP contribution in [0, 0.1) is 5.92 Å². The van der Waals surface area contributed by atoms with Gasteiger partial charge in [0, 0.05) is 18.6 Å². The first kappa shape index (κ1) is 15.3. The summed E-state index contributed by atoms with van der Waals surface area (Å²) in [5.74, 6) is 1.44. The van der Waals surface area contributed by atoms with Crippen LogP contribution in [0.25, 0.3) is 0 Å². The van der Waals surface area contributed by atoms with Crippen LogP contribution in [0.5, 0.6) is 0 Å². The Morgan fingerprint density at radius 3 is 2.68 bits per heavy atom. The molecule has 1 N–H and O–H groups in total. The molecule has 0 amide bonds. The van der Waals surface area contributed by atoms with E-state index in [1.54, 1.807) is 0 Å². The van der Waals surface area contributed by atoms with Crippen LogP contribution < -0.4 is 5.32 Å². The lowest BCUT2D eigenvalue weighted by Crippen LogP contribution is -2.42. The maximum absolute atomic E-state index is 11.5. The predicted molar refractivity (Wildman–Crippen MR) is 79.1 cm³/mol. The fourth-order valence-electron chi connectivity index (χ4n) is 3.50. The van der Waals surface area contributed by atoms with E-state index in [2.05, 4.69) is 24.2 Å². The van der Waals surface area contributed by atoms with Crippen molar-refractivity contribution in [1.29, 1.82) is 0 Å². The molecular weight excluding hydrogens is 260 g/mol. The molecule has 3 atom stereocenters. The van der Waals surface area contributed by atoms with Gasteiger partial charge in [0.2, 0.25) is 0 Å². The largest absolute Gasteiger partial charge is 0.314 e. The first-order chi connectivity index (χ1) is 9.02. The van der Waals surface area contributed by atoms with E-state index >= 15 is 0 Å². The van der Waals surface area contributed by atoms with Crippen molar-refractivity contribution in [3.8, 4) is 0 Å². The predicted octanol–water partition coefficient (Wildman–Crippen LogP) is 1.27. The molecule has 0 aromatic carbocycles. The summed E-state index contributed by atoms with van der Waals surface area (Å²) in [5.41, 5.74) is 0. The van der Waals surface area contributed by atoms with Gasteiger partial charge in [0.1, 0.15) is 0 Å². The highest BCUT2D eigenvalue weighted by atomic mass is 32.2. The Kier molecular flexibility index (Phi) is 5.26. The normalized spacial score (nSPS) is 34.2. The van der Waals surface area contributed by atoms with Crippen molar-refractivity contribution in [2.45, 2.75) is 51.1 Å². The monoisotopic (exact) mass is 288 g/mol. The topological polar surface area (TPSA) is 49.4 Å². The van der Waals surface area contributed by atoms with Crippen molar-refractivity contribution in [1.82, 2.24) is 10.2 Å². The zero-order valence-electron chi connectivity index (χ0n) is 12.3. The van der Waals surface area contributed by atoms with E-state index in [0.717, 1.165) is 19.5 Å². The quantitative estimate of drug-likeness (QED) is 0.800. The van der Waals surface area contributed by atoms with Gasteiger partial charge in [0.15, 0.2) is 9.84 Å². The third kappa shape index (κ3) is 4.17. The molecule has 1 aliphatic carbocycles. The van der Waals surface area contributed by atoms with E-state index in [1.165, 1.54) is 25.7 Å². The maximum Gasteiger partial charge on any atom is 0.151 e. The van der Waals surface area contributed by atoms with Crippen LogP contribution in [-0.2, 0) is 9.84 Å². The van der Waals surface area contributed by atoms with Crippen LogP contribution in [0.4, 0.5) is 0 Å². The highest BCUT2D eigenvalue weighted by Crippen LogP contribution is 2.28. The second-order valence-corrected chi connectivity index (χ2v) is 8.48. The first-order valence-corrected chi connectivity index (χ1v) is 9.48. The van der Waals surface area contributed by atoms with Crippen LogP contribution in [0.2, 0.25) is 0 Å². The van der Waals surface area contributed by atoms with E-state index in [4.69, 9.17) is 0 Å². The Balaban J connectivity index is 1.83. The molecule has 0 bridgehead atoms. The second-order valence-electron chi connectivity index (χ2n) is 6.25. The fraction of sp³-hybridized carbons (Fsp3) is 1.00. The third-order valence-corrected chi connectivity index (χ3v) is 6.42. The van der Waals surface area contributed by atoms with Crippen molar-refractivity contribution in [3.05, 3.63) is 0 Å². The van der Waals surface area contributed by atoms with E-state index in [-0.39, 0.29) is 6.04 Å². The molecule has 3 unspecified atom stereocenters. The summed E-state index contributed by atoms with van der Waals surface area (Å²) in [5, 5.41) is 3.65. The van der Waals surface area contributed by atoms with Crippen molar-refractivity contribution in [3.63, 3.8) is 0 Å². The van der Waals surface area contributed by atoms with Gasteiger partial charge in [-0.3, -0.25) is 0 Å². The molecule has 0 aromatic rings. The molecule has 1 saturated carbocycles. The highest BCUT2D eigenvalue weighted by molar-refractivity contribution is 7.91. The molecule has 1 saturated heterocycles. The third-order valence-electron chi connectivity index (χ3n) is 4.67. The molecule has 0 aromatic heterocycles. The van der Waals surface area contributed by atoms with Crippen LogP contribution in [0.3, 0.4) is 0 Å². The zero-order valence-corrected chi connectivity index (χ0v) is 13.1. The SMILES string of the molecule is CCCNC1CCCC1CN(C)C1CCS(=O)(=O)C1. The number of hydrogen-bond donors (Lipinski definition) is 1. The summed E-state index contributed by atoms with van der Waals surface area (Å²) in [6.07, 6.45) is 5.87. The minimum atomic E-state index is -2.76. The summed E-state index contributed by atoms with van der Waals surface area (Å²) in [6, 6.07) is 0.887. The lowest BCUT2D eigenvalue weighted by atomic mass is 10.0. The van der Waals surface area contributed by atoms with Gasteiger partial charge in [-0.25, -0.2) is 8.42 Å². The number of rotatable bonds is 6. The molecule has 2 aliphatic rings. The second kappa shape index (κ2) is 6.55. The summed E-state index contributed by atoms with van der Waals surface area (Å²) >= 11 is 0. The standard InChI is InChI=1S/C14H28N2O2S/c1-3-8-15-14-6-4-5-12(14)10-16(2)13-7-9-19(17,18)11-13/h12-15H,3-11H2,1-2H3. The van der Waals surface area contributed by atoms with E-state index in [9.17, 15) is 8.42 Å². The molecule has 0 spiro atoms. The van der Waals surface area contributed by atoms with Crippen molar-refractivity contribution >= 4 is 9.84 Å². The van der Waals surface area contributed by atoms with Crippen LogP contribution in [0.1, 0.15) is 39.0 Å². The molecule has 2 fully saturated rings. The summed E-state index contributed by atoms with van der Waals surface area (Å²) in [6.45, 7) is 4.34. The van der Waals surface area contributed by atoms with Gasteiger partial charge >= 0.3 is 0 Å². The molecule has 1 aliphatic heterocycles. The lowest BCUT2D eigenvalue weighted by Gasteiger charge is -2.29. The lowest BCUT2D eigenvalue weighted by molar-refractivity contribution is 0.205. The Hall–Kier alpha value is -0.130. The van der Waals surface area contributed by atoms with Crippen LogP contribution in [0.15, 0.2) is 0 Å². The Labute approximate surface area is 117 Å². The number of nitrogens with zero attached hydrogens (tertiary/aromatic N) is 1. The van der Waals surface area contributed by atoms with Gasteiger partial charge < -0.3 is 10.2 Å². The van der Waals surface area contributed by atoms with E-state index < -0.39 is 9.84 Å². The van der Waals surface area contributed by atoms with E-state index in [1.807, 2.05) is 0 Å². The van der Waals surface area contributed by atoms with E-state index in [0.29, 0.717) is 23.5 Å². The average Bonchev–Trinajstić information content (AvgIpc) is 2.93. The molecule has 0 radical (unpaired) electrons. The average molecular weight is 288 g/mol. The minimum absolute atomic E-state index is 0.248. The fourth-order valence-corrected chi connectivity index (χ4v) is 5.30. The van der Waals surface area contributed by atoms with Gasteiger partial charge in [0.05, 0.1) is 11.5 Å². The number of nitrogens with one attached hydrogen (secondary N) is 1. The van der Waals surface area contributed by atoms with Crippen LogP contribution in [-0.4, -0.2) is 57.0 Å². The Morgan fingerprint density at radius 1 is 1.26 bits per heavy atom. The molecular formula is C14H28N2O2S. The zero-order chi connectivity index (χ0) is 13.9. The number of sulfone groups is 1. The molecule has 4 nitrogen and oxygen atoms in total. The molecule has 19 heavy (non-hydrogen) atoms.